The average Bonchev–Trinajstić information content (AvgIpc) is 2.16. The smallest absolute Gasteiger partial charge is 0.145 e. The van der Waals surface area contributed by atoms with Crippen molar-refractivity contribution in [3.8, 4) is 6.07 Å². The third-order valence-electron chi connectivity index (χ3n) is 2.41. The van der Waals surface area contributed by atoms with Crippen molar-refractivity contribution in [2.75, 3.05) is 0 Å². The number of aromatic nitrogens is 1. The highest BCUT2D eigenvalue weighted by molar-refractivity contribution is 6.29. The summed E-state index contributed by atoms with van der Waals surface area (Å²) in [6.07, 6.45) is 4.36. The van der Waals surface area contributed by atoms with Crippen LogP contribution in [0.1, 0.15) is 29.7 Å². The van der Waals surface area contributed by atoms with Crippen LogP contribution in [0.3, 0.4) is 0 Å². The number of halogens is 1. The van der Waals surface area contributed by atoms with E-state index in [1.165, 1.54) is 12.0 Å². The van der Waals surface area contributed by atoms with E-state index in [1.54, 1.807) is 0 Å². The Labute approximate surface area is 82.2 Å². The maximum atomic E-state index is 8.85. The zero-order valence-electron chi connectivity index (χ0n) is 7.18. The predicted molar refractivity (Wildman–Crippen MR) is 50.6 cm³/mol. The van der Waals surface area contributed by atoms with Crippen LogP contribution in [0.15, 0.2) is 6.07 Å². The second kappa shape index (κ2) is 3.35. The Hall–Kier alpha value is -1.07. The lowest BCUT2D eigenvalue weighted by Gasteiger charge is -2.15. The van der Waals surface area contributed by atoms with Gasteiger partial charge in [-0.2, -0.15) is 5.26 Å². The minimum Gasteiger partial charge on any atom is -0.225 e. The Kier molecular flexibility index (Phi) is 2.20. The summed E-state index contributed by atoms with van der Waals surface area (Å²) >= 11 is 5.80. The fraction of sp³-hybridized carbons (Fsp3) is 0.400. The van der Waals surface area contributed by atoms with Crippen LogP contribution < -0.4 is 0 Å². The SMILES string of the molecule is N#Cc1nc(Cl)cc2c1CCCC2. The summed E-state index contributed by atoms with van der Waals surface area (Å²) in [6, 6.07) is 3.99. The molecule has 0 saturated heterocycles. The molecule has 0 fully saturated rings. The van der Waals surface area contributed by atoms with Crippen molar-refractivity contribution in [1.29, 1.82) is 5.26 Å². The molecule has 1 heterocycles. The third kappa shape index (κ3) is 1.52. The maximum Gasteiger partial charge on any atom is 0.145 e. The molecule has 0 aliphatic heterocycles. The van der Waals surface area contributed by atoms with E-state index in [0.717, 1.165) is 24.8 Å². The number of rotatable bonds is 0. The van der Waals surface area contributed by atoms with Crippen molar-refractivity contribution >= 4 is 11.6 Å². The van der Waals surface area contributed by atoms with Crippen LogP contribution in [-0.2, 0) is 12.8 Å². The van der Waals surface area contributed by atoms with Gasteiger partial charge in [-0.25, -0.2) is 4.98 Å². The zero-order chi connectivity index (χ0) is 9.26. The van der Waals surface area contributed by atoms with Gasteiger partial charge >= 0.3 is 0 Å². The van der Waals surface area contributed by atoms with Gasteiger partial charge in [0, 0.05) is 0 Å². The molecule has 1 aromatic heterocycles. The Morgan fingerprint density at radius 2 is 2.15 bits per heavy atom. The van der Waals surface area contributed by atoms with Crippen LogP contribution >= 0.6 is 11.6 Å². The fourth-order valence-corrected chi connectivity index (χ4v) is 2.02. The highest BCUT2D eigenvalue weighted by Gasteiger charge is 2.15. The summed E-state index contributed by atoms with van der Waals surface area (Å²) < 4.78 is 0. The quantitative estimate of drug-likeness (QED) is 0.593. The van der Waals surface area contributed by atoms with Crippen molar-refractivity contribution < 1.29 is 0 Å². The molecule has 0 aromatic carbocycles. The maximum absolute atomic E-state index is 8.85. The summed E-state index contributed by atoms with van der Waals surface area (Å²) in [5, 5.41) is 9.29. The molecule has 0 atom stereocenters. The first-order valence-corrected chi connectivity index (χ1v) is 4.77. The lowest BCUT2D eigenvalue weighted by molar-refractivity contribution is 0.680. The van der Waals surface area contributed by atoms with Crippen molar-refractivity contribution in [3.63, 3.8) is 0 Å². The molecule has 0 saturated carbocycles. The van der Waals surface area contributed by atoms with Crippen molar-refractivity contribution in [2.45, 2.75) is 25.7 Å². The number of aryl methyl sites for hydroxylation is 1. The van der Waals surface area contributed by atoms with Gasteiger partial charge in [-0.1, -0.05) is 11.6 Å². The van der Waals surface area contributed by atoms with Gasteiger partial charge in [0.15, 0.2) is 0 Å². The summed E-state index contributed by atoms with van der Waals surface area (Å²) in [6.45, 7) is 0. The lowest BCUT2D eigenvalue weighted by Crippen LogP contribution is -2.06. The van der Waals surface area contributed by atoms with Crippen LogP contribution in [0.4, 0.5) is 0 Å². The molecule has 1 aromatic rings. The van der Waals surface area contributed by atoms with E-state index >= 15 is 0 Å². The predicted octanol–water partition coefficient (Wildman–Crippen LogP) is 2.49. The molecular formula is C10H9ClN2. The highest BCUT2D eigenvalue weighted by atomic mass is 35.5. The van der Waals surface area contributed by atoms with Crippen molar-refractivity contribution in [2.24, 2.45) is 0 Å². The van der Waals surface area contributed by atoms with Gasteiger partial charge < -0.3 is 0 Å². The number of nitrogens with zero attached hydrogens (tertiary/aromatic N) is 2. The molecule has 0 amide bonds. The molecule has 3 heteroatoms. The van der Waals surface area contributed by atoms with Crippen LogP contribution in [0.25, 0.3) is 0 Å². The molecule has 2 rings (SSSR count). The third-order valence-corrected chi connectivity index (χ3v) is 2.61. The van der Waals surface area contributed by atoms with Gasteiger partial charge in [-0.15, -0.1) is 0 Å². The first-order chi connectivity index (χ1) is 6.31. The van der Waals surface area contributed by atoms with E-state index < -0.39 is 0 Å². The molecule has 1 aliphatic rings. The van der Waals surface area contributed by atoms with E-state index in [4.69, 9.17) is 16.9 Å². The number of fused-ring (bicyclic) bond motifs is 1. The lowest BCUT2D eigenvalue weighted by atomic mass is 9.91. The Balaban J connectivity index is 2.58. The number of nitriles is 1. The molecule has 13 heavy (non-hydrogen) atoms. The van der Waals surface area contributed by atoms with E-state index in [0.29, 0.717) is 10.8 Å². The summed E-state index contributed by atoms with van der Waals surface area (Å²) in [5.41, 5.74) is 2.84. The largest absolute Gasteiger partial charge is 0.225 e. The molecule has 1 aliphatic carbocycles. The minimum absolute atomic E-state index is 0.442. The number of hydrogen-bond donors (Lipinski definition) is 0. The standard InChI is InChI=1S/C10H9ClN2/c11-10-5-7-3-1-2-4-8(7)9(6-12)13-10/h5H,1-4H2. The van der Waals surface area contributed by atoms with Gasteiger partial charge in [0.05, 0.1) is 0 Å². The molecule has 0 N–H and O–H groups in total. The first-order valence-electron chi connectivity index (χ1n) is 4.39. The summed E-state index contributed by atoms with van der Waals surface area (Å²) in [5.74, 6) is 0. The van der Waals surface area contributed by atoms with Crippen molar-refractivity contribution in [1.82, 2.24) is 4.98 Å². The normalized spacial score (nSPS) is 14.8. The van der Waals surface area contributed by atoms with Crippen LogP contribution in [0.5, 0.6) is 0 Å². The summed E-state index contributed by atoms with van der Waals surface area (Å²) in [7, 11) is 0. The average molecular weight is 193 g/mol. The Morgan fingerprint density at radius 1 is 1.38 bits per heavy atom. The van der Waals surface area contributed by atoms with Crippen LogP contribution in [0.2, 0.25) is 5.15 Å². The monoisotopic (exact) mass is 192 g/mol. The van der Waals surface area contributed by atoms with Gasteiger partial charge in [-0.3, -0.25) is 0 Å². The minimum atomic E-state index is 0.442. The molecule has 0 bridgehead atoms. The van der Waals surface area contributed by atoms with E-state index in [2.05, 4.69) is 11.1 Å². The highest BCUT2D eigenvalue weighted by Crippen LogP contribution is 2.25. The molecular weight excluding hydrogens is 184 g/mol. The zero-order valence-corrected chi connectivity index (χ0v) is 7.93. The van der Waals surface area contributed by atoms with Crippen molar-refractivity contribution in [3.05, 3.63) is 28.0 Å². The van der Waals surface area contributed by atoms with E-state index in [-0.39, 0.29) is 0 Å². The molecule has 0 unspecified atom stereocenters. The molecule has 0 spiro atoms. The van der Waals surface area contributed by atoms with E-state index in [9.17, 15) is 0 Å². The second-order valence-electron chi connectivity index (χ2n) is 3.25. The van der Waals surface area contributed by atoms with Gasteiger partial charge in [0.2, 0.25) is 0 Å². The van der Waals surface area contributed by atoms with Crippen LogP contribution in [-0.4, -0.2) is 4.98 Å². The number of hydrogen-bond acceptors (Lipinski definition) is 2. The summed E-state index contributed by atoms with van der Waals surface area (Å²) in [4.78, 5) is 4.01. The first kappa shape index (κ1) is 8.52. The molecule has 66 valence electrons. The molecule has 0 radical (unpaired) electrons. The Morgan fingerprint density at radius 3 is 2.92 bits per heavy atom. The van der Waals surface area contributed by atoms with Crippen LogP contribution in [0, 0.1) is 11.3 Å². The fourth-order valence-electron chi connectivity index (χ4n) is 1.80. The number of pyridine rings is 1. The Bertz CT molecular complexity index is 379. The van der Waals surface area contributed by atoms with Gasteiger partial charge in [0.25, 0.3) is 0 Å². The second-order valence-corrected chi connectivity index (χ2v) is 3.64. The van der Waals surface area contributed by atoms with Gasteiger partial charge in [-0.05, 0) is 42.9 Å². The molecule has 2 nitrogen and oxygen atoms in total. The van der Waals surface area contributed by atoms with Gasteiger partial charge in [0.1, 0.15) is 16.9 Å². The topological polar surface area (TPSA) is 36.7 Å². The van der Waals surface area contributed by atoms with E-state index in [1.807, 2.05) is 6.07 Å².